The standard InChI is InChI=1S/C18H16F2N4O2S/c1-23(2)15-12(19)7-10(8-13(15)20)21-16(25)9-4-5-11-14(6-9)22-18(27)24(3)17(11)26/h4-8H,1-3H3,(H,21,25)(H,22,27). The van der Waals surface area contributed by atoms with E-state index in [2.05, 4.69) is 10.3 Å². The molecule has 9 heteroatoms. The summed E-state index contributed by atoms with van der Waals surface area (Å²) in [5, 5.41) is 2.82. The number of H-pyrrole nitrogens is 1. The van der Waals surface area contributed by atoms with Gasteiger partial charge in [-0.25, -0.2) is 8.78 Å². The van der Waals surface area contributed by atoms with Crippen LogP contribution in [0.2, 0.25) is 0 Å². The monoisotopic (exact) mass is 390 g/mol. The number of aromatic amines is 1. The van der Waals surface area contributed by atoms with E-state index in [1.165, 1.54) is 41.8 Å². The van der Waals surface area contributed by atoms with Gasteiger partial charge in [0, 0.05) is 32.4 Å². The van der Waals surface area contributed by atoms with Crippen molar-refractivity contribution in [1.82, 2.24) is 9.55 Å². The third-order valence-electron chi connectivity index (χ3n) is 4.09. The summed E-state index contributed by atoms with van der Waals surface area (Å²) in [4.78, 5) is 28.8. The third-order valence-corrected chi connectivity index (χ3v) is 4.46. The lowest BCUT2D eigenvalue weighted by Crippen LogP contribution is -2.19. The first-order valence-electron chi connectivity index (χ1n) is 7.90. The van der Waals surface area contributed by atoms with Gasteiger partial charge in [-0.1, -0.05) is 0 Å². The van der Waals surface area contributed by atoms with Crippen LogP contribution in [0.3, 0.4) is 0 Å². The highest BCUT2D eigenvalue weighted by Crippen LogP contribution is 2.26. The Hall–Kier alpha value is -3.07. The molecule has 0 radical (unpaired) electrons. The van der Waals surface area contributed by atoms with Crippen LogP contribution in [0.5, 0.6) is 0 Å². The molecule has 3 rings (SSSR count). The number of aromatic nitrogens is 2. The number of benzene rings is 2. The van der Waals surface area contributed by atoms with E-state index in [0.717, 1.165) is 12.1 Å². The van der Waals surface area contributed by atoms with Crippen molar-refractivity contribution in [2.45, 2.75) is 0 Å². The minimum atomic E-state index is -0.790. The Labute approximate surface area is 158 Å². The van der Waals surface area contributed by atoms with E-state index < -0.39 is 17.5 Å². The van der Waals surface area contributed by atoms with Gasteiger partial charge in [0.1, 0.15) is 5.69 Å². The normalized spacial score (nSPS) is 10.9. The number of hydrogen-bond acceptors (Lipinski definition) is 4. The van der Waals surface area contributed by atoms with Gasteiger partial charge < -0.3 is 15.2 Å². The molecule has 3 aromatic rings. The van der Waals surface area contributed by atoms with Crippen molar-refractivity contribution in [2.75, 3.05) is 24.3 Å². The summed E-state index contributed by atoms with van der Waals surface area (Å²) in [6, 6.07) is 6.49. The molecule has 0 aliphatic heterocycles. The first-order valence-corrected chi connectivity index (χ1v) is 8.30. The summed E-state index contributed by atoms with van der Waals surface area (Å²) in [6.45, 7) is 0. The van der Waals surface area contributed by atoms with Gasteiger partial charge >= 0.3 is 0 Å². The first-order chi connectivity index (χ1) is 12.7. The fraction of sp³-hybridized carbons (Fsp3) is 0.167. The van der Waals surface area contributed by atoms with Crippen LogP contribution in [0.25, 0.3) is 10.9 Å². The number of nitrogens with zero attached hydrogens (tertiary/aromatic N) is 2. The largest absolute Gasteiger partial charge is 0.373 e. The van der Waals surface area contributed by atoms with Crippen LogP contribution in [0, 0.1) is 16.4 Å². The van der Waals surface area contributed by atoms with E-state index >= 15 is 0 Å². The summed E-state index contributed by atoms with van der Waals surface area (Å²) >= 11 is 5.06. The Morgan fingerprint density at radius 2 is 1.81 bits per heavy atom. The number of nitrogens with one attached hydrogen (secondary N) is 2. The second-order valence-electron chi connectivity index (χ2n) is 6.19. The van der Waals surface area contributed by atoms with Gasteiger partial charge in [-0.2, -0.15) is 0 Å². The molecule has 1 heterocycles. The Bertz CT molecular complexity index is 1160. The van der Waals surface area contributed by atoms with Gasteiger partial charge in [0.15, 0.2) is 16.4 Å². The molecule has 0 spiro atoms. The highest BCUT2D eigenvalue weighted by Gasteiger charge is 2.15. The van der Waals surface area contributed by atoms with Crippen LogP contribution in [0.1, 0.15) is 10.4 Å². The molecule has 0 atom stereocenters. The number of carbonyl (C=O) groups is 1. The molecule has 0 saturated heterocycles. The maximum Gasteiger partial charge on any atom is 0.261 e. The molecule has 2 N–H and O–H groups in total. The van der Waals surface area contributed by atoms with Crippen molar-refractivity contribution >= 4 is 40.4 Å². The predicted octanol–water partition coefficient (Wildman–Crippen LogP) is 3.19. The predicted molar refractivity (Wildman–Crippen MR) is 103 cm³/mol. The molecule has 0 fully saturated rings. The lowest BCUT2D eigenvalue weighted by Gasteiger charge is -2.16. The van der Waals surface area contributed by atoms with Gasteiger partial charge in [-0.05, 0) is 42.5 Å². The zero-order chi connectivity index (χ0) is 19.9. The number of anilines is 2. The summed E-state index contributed by atoms with van der Waals surface area (Å²) in [5.41, 5.74) is 0.110. The average molecular weight is 390 g/mol. The van der Waals surface area contributed by atoms with Gasteiger partial charge in [-0.3, -0.25) is 14.2 Å². The van der Waals surface area contributed by atoms with Crippen LogP contribution in [0.15, 0.2) is 35.1 Å². The smallest absolute Gasteiger partial charge is 0.261 e. The van der Waals surface area contributed by atoms with E-state index in [4.69, 9.17) is 12.2 Å². The van der Waals surface area contributed by atoms with E-state index in [9.17, 15) is 18.4 Å². The topological polar surface area (TPSA) is 70.1 Å². The van der Waals surface area contributed by atoms with Crippen molar-refractivity contribution in [1.29, 1.82) is 0 Å². The lowest BCUT2D eigenvalue weighted by molar-refractivity contribution is 0.102. The van der Waals surface area contributed by atoms with Crippen LogP contribution >= 0.6 is 12.2 Å². The van der Waals surface area contributed by atoms with Gasteiger partial charge in [0.05, 0.1) is 10.9 Å². The van der Waals surface area contributed by atoms with Crippen LogP contribution in [0.4, 0.5) is 20.2 Å². The SMILES string of the molecule is CN(C)c1c(F)cc(NC(=O)c2ccc3c(=O)n(C)c(=S)[nH]c3c2)cc1F. The van der Waals surface area contributed by atoms with Crippen molar-refractivity contribution < 1.29 is 13.6 Å². The van der Waals surface area contributed by atoms with Gasteiger partial charge in [0.2, 0.25) is 0 Å². The average Bonchev–Trinajstić information content (AvgIpc) is 2.58. The zero-order valence-electron chi connectivity index (χ0n) is 14.8. The molecule has 2 aromatic carbocycles. The van der Waals surface area contributed by atoms with Crippen molar-refractivity contribution in [3.8, 4) is 0 Å². The molecule has 0 bridgehead atoms. The summed E-state index contributed by atoms with van der Waals surface area (Å²) in [6.07, 6.45) is 0. The molecule has 140 valence electrons. The van der Waals surface area contributed by atoms with Crippen LogP contribution in [-0.2, 0) is 7.05 Å². The maximum atomic E-state index is 14.1. The molecule has 0 saturated carbocycles. The fourth-order valence-corrected chi connectivity index (χ4v) is 2.91. The van der Waals surface area contributed by atoms with Crippen molar-refractivity contribution in [2.24, 2.45) is 7.05 Å². The molecule has 1 aromatic heterocycles. The maximum absolute atomic E-state index is 14.1. The third kappa shape index (κ3) is 3.45. The number of carbonyl (C=O) groups excluding carboxylic acids is 1. The molecule has 0 aliphatic carbocycles. The first kappa shape index (κ1) is 18.7. The van der Waals surface area contributed by atoms with Gasteiger partial charge in [0.25, 0.3) is 11.5 Å². The molecular weight excluding hydrogens is 374 g/mol. The van der Waals surface area contributed by atoms with Crippen LogP contribution in [-0.4, -0.2) is 29.6 Å². The Kier molecular flexibility index (Phi) is 4.79. The Morgan fingerprint density at radius 3 is 2.41 bits per heavy atom. The van der Waals surface area contributed by atoms with Gasteiger partial charge in [-0.15, -0.1) is 0 Å². The Balaban J connectivity index is 1.96. The Morgan fingerprint density at radius 1 is 1.19 bits per heavy atom. The number of amides is 1. The van der Waals surface area contributed by atoms with Crippen molar-refractivity contribution in [3.63, 3.8) is 0 Å². The lowest BCUT2D eigenvalue weighted by atomic mass is 10.1. The highest BCUT2D eigenvalue weighted by molar-refractivity contribution is 7.71. The van der Waals surface area contributed by atoms with E-state index in [1.807, 2.05) is 0 Å². The number of halogens is 2. The fourth-order valence-electron chi connectivity index (χ4n) is 2.72. The second kappa shape index (κ2) is 6.92. The minimum absolute atomic E-state index is 0.0161. The highest BCUT2D eigenvalue weighted by atomic mass is 32.1. The minimum Gasteiger partial charge on any atom is -0.373 e. The molecule has 0 unspecified atom stereocenters. The quantitative estimate of drug-likeness (QED) is 0.674. The molecule has 0 aliphatic rings. The summed E-state index contributed by atoms with van der Waals surface area (Å²) in [5.74, 6) is -2.16. The number of hydrogen-bond donors (Lipinski definition) is 2. The molecule has 6 nitrogen and oxygen atoms in total. The van der Waals surface area contributed by atoms with E-state index in [1.54, 1.807) is 7.05 Å². The van der Waals surface area contributed by atoms with E-state index in [0.29, 0.717) is 10.9 Å². The molecular formula is C18H16F2N4O2S. The zero-order valence-corrected chi connectivity index (χ0v) is 15.6. The molecule has 27 heavy (non-hydrogen) atoms. The number of rotatable bonds is 3. The second-order valence-corrected chi connectivity index (χ2v) is 6.58. The van der Waals surface area contributed by atoms with E-state index in [-0.39, 0.29) is 27.3 Å². The van der Waals surface area contributed by atoms with Crippen molar-refractivity contribution in [3.05, 3.63) is 62.7 Å². The van der Waals surface area contributed by atoms with Crippen LogP contribution < -0.4 is 15.8 Å². The number of fused-ring (bicyclic) bond motifs is 1. The summed E-state index contributed by atoms with van der Waals surface area (Å²) < 4.78 is 29.6. The summed E-state index contributed by atoms with van der Waals surface area (Å²) in [7, 11) is 4.58. The molecule has 1 amide bonds.